The Morgan fingerprint density at radius 2 is 1.96 bits per heavy atom. The second-order valence-electron chi connectivity index (χ2n) is 5.61. The number of benzene rings is 2. The number of esters is 1. The van der Waals surface area contributed by atoms with Crippen LogP contribution in [0.2, 0.25) is 0 Å². The highest BCUT2D eigenvalue weighted by atomic mass is 16.6. The van der Waals surface area contributed by atoms with E-state index in [0.29, 0.717) is 17.3 Å². The minimum absolute atomic E-state index is 0.321. The summed E-state index contributed by atoms with van der Waals surface area (Å²) in [6.07, 6.45) is 2.97. The van der Waals surface area contributed by atoms with Gasteiger partial charge in [-0.2, -0.15) is 0 Å². The van der Waals surface area contributed by atoms with Crippen LogP contribution in [0.3, 0.4) is 0 Å². The molecule has 1 aliphatic rings. The highest BCUT2D eigenvalue weighted by Crippen LogP contribution is 2.38. The zero-order valence-corrected chi connectivity index (χ0v) is 14.7. The molecule has 0 saturated heterocycles. The number of anilines is 1. The van der Waals surface area contributed by atoms with Gasteiger partial charge in [-0.05, 0) is 24.3 Å². The maximum absolute atomic E-state index is 11.6. The molecule has 2 aromatic rings. The fraction of sp³-hybridized carbons (Fsp3) is 0.0952. The van der Waals surface area contributed by atoms with Crippen molar-refractivity contribution in [1.29, 1.82) is 0 Å². The Morgan fingerprint density at radius 3 is 2.69 bits per heavy atom. The van der Waals surface area contributed by atoms with Gasteiger partial charge in [-0.15, -0.1) is 0 Å². The molecule has 0 spiro atoms. The molecule has 0 radical (unpaired) electrons. The lowest BCUT2D eigenvalue weighted by molar-refractivity contribution is -0.129. The summed E-state index contributed by atoms with van der Waals surface area (Å²) in [5.41, 5.74) is 2.68. The van der Waals surface area contributed by atoms with E-state index in [0.717, 1.165) is 28.8 Å². The minimum atomic E-state index is -0.549. The number of rotatable bonds is 5. The number of allylic oxidation sites excluding steroid dienone is 1. The second kappa shape index (κ2) is 7.19. The summed E-state index contributed by atoms with van der Waals surface area (Å²) in [4.78, 5) is 13.6. The largest absolute Gasteiger partial charge is 0.493 e. The first kappa shape index (κ1) is 17.4. The molecule has 0 unspecified atom stereocenters. The maximum Gasteiger partial charge on any atom is 0.335 e. The topological polar surface area (TPSA) is 48.0 Å². The van der Waals surface area contributed by atoms with Gasteiger partial charge in [-0.25, -0.2) is 4.79 Å². The average molecular weight is 349 g/mol. The molecule has 0 aromatic heterocycles. The first-order chi connectivity index (χ1) is 12.5. The monoisotopic (exact) mass is 349 g/mol. The number of hydrogen-bond acceptors (Lipinski definition) is 5. The second-order valence-corrected chi connectivity index (χ2v) is 5.61. The Kier molecular flexibility index (Phi) is 4.80. The van der Waals surface area contributed by atoms with Gasteiger partial charge >= 0.3 is 5.97 Å². The van der Waals surface area contributed by atoms with Gasteiger partial charge in [0.25, 0.3) is 0 Å². The standard InChI is InChI=1S/C21H19NO4/c1-5-21(23)26-20-13-15(10-11-19(20)24-4)22(3)17-12-14(2)25-18-9-7-6-8-16(17)18/h5-13H,1-2H2,3-4H3. The molecular formula is C21H19NO4. The van der Waals surface area contributed by atoms with Gasteiger partial charge in [-0.1, -0.05) is 25.3 Å². The van der Waals surface area contributed by atoms with Crippen LogP contribution in [0.15, 0.2) is 73.5 Å². The van der Waals surface area contributed by atoms with Crippen LogP contribution >= 0.6 is 0 Å². The lowest BCUT2D eigenvalue weighted by atomic mass is 10.1. The quantitative estimate of drug-likeness (QED) is 0.461. The number of nitrogens with zero attached hydrogens (tertiary/aromatic N) is 1. The van der Waals surface area contributed by atoms with E-state index in [4.69, 9.17) is 14.2 Å². The number of ether oxygens (including phenoxy) is 3. The number of methoxy groups -OCH3 is 1. The summed E-state index contributed by atoms with van der Waals surface area (Å²) in [6, 6.07) is 13.1. The van der Waals surface area contributed by atoms with Gasteiger partial charge in [0.15, 0.2) is 11.5 Å². The molecule has 0 bridgehead atoms. The third-order valence-corrected chi connectivity index (χ3v) is 3.97. The highest BCUT2D eigenvalue weighted by molar-refractivity contribution is 5.86. The zero-order chi connectivity index (χ0) is 18.7. The molecule has 26 heavy (non-hydrogen) atoms. The summed E-state index contributed by atoms with van der Waals surface area (Å²) in [5.74, 6) is 1.53. The summed E-state index contributed by atoms with van der Waals surface area (Å²) >= 11 is 0. The normalized spacial score (nSPS) is 12.4. The molecular weight excluding hydrogens is 330 g/mol. The molecule has 0 saturated carbocycles. The van der Waals surface area contributed by atoms with Crippen molar-refractivity contribution >= 4 is 17.4 Å². The van der Waals surface area contributed by atoms with Gasteiger partial charge < -0.3 is 19.1 Å². The van der Waals surface area contributed by atoms with Crippen LogP contribution in [-0.2, 0) is 4.79 Å². The van der Waals surface area contributed by atoms with E-state index >= 15 is 0 Å². The van der Waals surface area contributed by atoms with Crippen molar-refractivity contribution in [3.63, 3.8) is 0 Å². The number of fused-ring (bicyclic) bond motifs is 1. The average Bonchev–Trinajstić information content (AvgIpc) is 2.66. The van der Waals surface area contributed by atoms with E-state index < -0.39 is 5.97 Å². The Balaban J connectivity index is 2.01. The van der Waals surface area contributed by atoms with Crippen molar-refractivity contribution in [2.24, 2.45) is 0 Å². The first-order valence-electron chi connectivity index (χ1n) is 7.97. The van der Waals surface area contributed by atoms with E-state index in [2.05, 4.69) is 13.2 Å². The van der Waals surface area contributed by atoms with Gasteiger partial charge in [-0.3, -0.25) is 0 Å². The molecule has 5 nitrogen and oxygen atoms in total. The third kappa shape index (κ3) is 3.32. The molecule has 0 aliphatic carbocycles. The zero-order valence-electron chi connectivity index (χ0n) is 14.7. The Hall–Kier alpha value is -3.47. The third-order valence-electron chi connectivity index (χ3n) is 3.97. The summed E-state index contributed by atoms with van der Waals surface area (Å²) < 4.78 is 16.2. The highest BCUT2D eigenvalue weighted by Gasteiger charge is 2.20. The van der Waals surface area contributed by atoms with Crippen LogP contribution in [0.4, 0.5) is 5.69 Å². The molecule has 3 rings (SSSR count). The molecule has 1 aliphatic heterocycles. The molecule has 2 aromatic carbocycles. The number of carbonyl (C=O) groups excluding carboxylic acids is 1. The van der Waals surface area contributed by atoms with Crippen LogP contribution < -0.4 is 19.1 Å². The van der Waals surface area contributed by atoms with E-state index in [1.807, 2.05) is 48.4 Å². The number of hydrogen-bond donors (Lipinski definition) is 0. The molecule has 0 atom stereocenters. The van der Waals surface area contributed by atoms with Crippen LogP contribution in [0.25, 0.3) is 5.70 Å². The Labute approximate surface area is 152 Å². The van der Waals surface area contributed by atoms with Crippen LogP contribution in [0, 0.1) is 0 Å². The molecule has 0 fully saturated rings. The van der Waals surface area contributed by atoms with E-state index in [1.165, 1.54) is 7.11 Å². The van der Waals surface area contributed by atoms with Gasteiger partial charge in [0, 0.05) is 36.5 Å². The minimum Gasteiger partial charge on any atom is -0.493 e. The maximum atomic E-state index is 11.6. The Morgan fingerprint density at radius 1 is 1.19 bits per heavy atom. The van der Waals surface area contributed by atoms with Crippen LogP contribution in [0.1, 0.15) is 5.56 Å². The van der Waals surface area contributed by atoms with E-state index in [1.54, 1.807) is 12.1 Å². The lowest BCUT2D eigenvalue weighted by Crippen LogP contribution is -2.19. The predicted molar refractivity (Wildman–Crippen MR) is 101 cm³/mol. The molecule has 0 N–H and O–H groups in total. The van der Waals surface area contributed by atoms with E-state index in [-0.39, 0.29) is 0 Å². The smallest absolute Gasteiger partial charge is 0.335 e. The number of carbonyl (C=O) groups is 1. The van der Waals surface area contributed by atoms with Crippen molar-refractivity contribution in [1.82, 2.24) is 0 Å². The number of para-hydroxylation sites is 1. The van der Waals surface area contributed by atoms with Gasteiger partial charge in [0.05, 0.1) is 12.8 Å². The van der Waals surface area contributed by atoms with Crippen molar-refractivity contribution < 1.29 is 19.0 Å². The SMILES string of the molecule is C=CC(=O)Oc1cc(N(C)C2=CC(=C)Oc3ccccc32)ccc1OC. The van der Waals surface area contributed by atoms with Crippen LogP contribution in [0.5, 0.6) is 17.2 Å². The molecule has 5 heteroatoms. The van der Waals surface area contributed by atoms with Gasteiger partial charge in [0.1, 0.15) is 11.5 Å². The lowest BCUT2D eigenvalue weighted by Gasteiger charge is -2.28. The first-order valence-corrected chi connectivity index (χ1v) is 7.97. The molecule has 0 amide bonds. The van der Waals surface area contributed by atoms with Crippen molar-refractivity contribution in [3.05, 3.63) is 79.1 Å². The molecule has 1 heterocycles. The van der Waals surface area contributed by atoms with E-state index in [9.17, 15) is 4.79 Å². The van der Waals surface area contributed by atoms with Crippen molar-refractivity contribution in [3.8, 4) is 17.2 Å². The Bertz CT molecular complexity index is 914. The summed E-state index contributed by atoms with van der Waals surface area (Å²) in [6.45, 7) is 7.33. The summed E-state index contributed by atoms with van der Waals surface area (Å²) in [5, 5.41) is 0. The van der Waals surface area contributed by atoms with Crippen LogP contribution in [-0.4, -0.2) is 20.1 Å². The van der Waals surface area contributed by atoms with Crippen molar-refractivity contribution in [2.75, 3.05) is 19.1 Å². The predicted octanol–water partition coefficient (Wildman–Crippen LogP) is 4.17. The van der Waals surface area contributed by atoms with Crippen molar-refractivity contribution in [2.45, 2.75) is 0 Å². The fourth-order valence-corrected chi connectivity index (χ4v) is 2.69. The molecule has 132 valence electrons. The van der Waals surface area contributed by atoms with Gasteiger partial charge in [0.2, 0.25) is 0 Å². The summed E-state index contributed by atoms with van der Waals surface area (Å²) in [7, 11) is 3.44. The fourth-order valence-electron chi connectivity index (χ4n) is 2.69.